The molecular formula is C22H31N3O3S. The van der Waals surface area contributed by atoms with Crippen LogP contribution in [0.2, 0.25) is 0 Å². The maximum absolute atomic E-state index is 13.2. The standard InChI is InChI=1S/C22H31N3O3S/c1-29-15-20(26)24-12-16-11-17(14-24)19-8-7-18(22(28)25(19)13-16)21(27)23-9-5-3-2-4-6-10-23/h7-8,16-17H,2-6,9-15H2,1H3/t16-,17+/m0/s1. The third kappa shape index (κ3) is 4.25. The SMILES string of the molecule is CSCC(=O)N1C[C@@H]2C[C@H](C1)c1ccc(C(=O)N3CCCCCCC3)c(=O)n1C2. The Morgan fingerprint density at radius 3 is 2.45 bits per heavy atom. The lowest BCUT2D eigenvalue weighted by Crippen LogP contribution is -2.50. The fourth-order valence-corrected chi connectivity index (χ4v) is 5.58. The van der Waals surface area contributed by atoms with Crippen molar-refractivity contribution in [1.82, 2.24) is 14.4 Å². The Morgan fingerprint density at radius 1 is 1.00 bits per heavy atom. The van der Waals surface area contributed by atoms with E-state index < -0.39 is 0 Å². The summed E-state index contributed by atoms with van der Waals surface area (Å²) < 4.78 is 1.83. The number of pyridine rings is 1. The highest BCUT2D eigenvalue weighted by atomic mass is 32.2. The Bertz CT molecular complexity index is 829. The second-order valence-electron chi connectivity index (χ2n) is 8.68. The Morgan fingerprint density at radius 2 is 1.72 bits per heavy atom. The van der Waals surface area contributed by atoms with E-state index in [0.717, 1.165) is 50.9 Å². The molecule has 1 aromatic rings. The van der Waals surface area contributed by atoms with Gasteiger partial charge in [0.05, 0.1) is 5.75 Å². The molecule has 2 amide bonds. The summed E-state index contributed by atoms with van der Waals surface area (Å²) >= 11 is 1.55. The van der Waals surface area contributed by atoms with Crippen LogP contribution in [0.1, 0.15) is 60.5 Å². The minimum atomic E-state index is -0.145. The first-order valence-corrected chi connectivity index (χ1v) is 12.3. The molecule has 0 unspecified atom stereocenters. The Hall–Kier alpha value is -1.76. The molecule has 0 radical (unpaired) electrons. The van der Waals surface area contributed by atoms with Crippen molar-refractivity contribution in [2.45, 2.75) is 51.0 Å². The molecule has 0 N–H and O–H groups in total. The van der Waals surface area contributed by atoms with Gasteiger partial charge in [-0.2, -0.15) is 11.8 Å². The summed E-state index contributed by atoms with van der Waals surface area (Å²) in [5.41, 5.74) is 1.15. The molecule has 2 atom stereocenters. The van der Waals surface area contributed by atoms with Crippen molar-refractivity contribution >= 4 is 23.6 Å². The van der Waals surface area contributed by atoms with Crippen molar-refractivity contribution < 1.29 is 9.59 Å². The van der Waals surface area contributed by atoms with Crippen LogP contribution in [0.15, 0.2) is 16.9 Å². The van der Waals surface area contributed by atoms with E-state index in [2.05, 4.69) is 0 Å². The van der Waals surface area contributed by atoms with Crippen LogP contribution in [0.3, 0.4) is 0 Å². The van der Waals surface area contributed by atoms with Crippen molar-refractivity contribution in [2.24, 2.45) is 5.92 Å². The molecule has 0 spiro atoms. The molecule has 29 heavy (non-hydrogen) atoms. The van der Waals surface area contributed by atoms with Crippen LogP contribution in [-0.2, 0) is 11.3 Å². The lowest BCUT2D eigenvalue weighted by molar-refractivity contribution is -0.131. The van der Waals surface area contributed by atoms with E-state index in [4.69, 9.17) is 0 Å². The van der Waals surface area contributed by atoms with E-state index in [1.165, 1.54) is 6.42 Å². The molecule has 1 aromatic heterocycles. The average molecular weight is 418 g/mol. The Kier molecular flexibility index (Phi) is 6.32. The zero-order valence-electron chi connectivity index (χ0n) is 17.3. The number of piperidine rings is 1. The quantitative estimate of drug-likeness (QED) is 0.758. The summed E-state index contributed by atoms with van der Waals surface area (Å²) in [6.07, 6.45) is 8.54. The van der Waals surface area contributed by atoms with E-state index in [1.807, 2.05) is 26.7 Å². The summed E-state index contributed by atoms with van der Waals surface area (Å²) in [5, 5.41) is 0. The molecule has 0 aliphatic carbocycles. The monoisotopic (exact) mass is 417 g/mol. The highest BCUT2D eigenvalue weighted by Crippen LogP contribution is 2.35. The highest BCUT2D eigenvalue weighted by molar-refractivity contribution is 7.99. The first-order valence-electron chi connectivity index (χ1n) is 10.9. The third-order valence-corrected chi connectivity index (χ3v) is 7.13. The number of aromatic nitrogens is 1. The predicted molar refractivity (Wildman–Crippen MR) is 116 cm³/mol. The zero-order valence-corrected chi connectivity index (χ0v) is 18.1. The van der Waals surface area contributed by atoms with Crippen LogP contribution in [0.25, 0.3) is 0 Å². The third-order valence-electron chi connectivity index (χ3n) is 6.60. The van der Waals surface area contributed by atoms with Gasteiger partial charge < -0.3 is 14.4 Å². The second kappa shape index (κ2) is 8.94. The van der Waals surface area contributed by atoms with Gasteiger partial charge in [0.1, 0.15) is 5.56 Å². The lowest BCUT2D eigenvalue weighted by Gasteiger charge is -2.43. The fourth-order valence-electron chi connectivity index (χ4n) is 5.15. The first kappa shape index (κ1) is 20.5. The van der Waals surface area contributed by atoms with Crippen molar-refractivity contribution in [2.75, 3.05) is 38.2 Å². The summed E-state index contributed by atoms with van der Waals surface area (Å²) in [6, 6.07) is 3.69. The van der Waals surface area contributed by atoms with Gasteiger partial charge in [-0.3, -0.25) is 14.4 Å². The predicted octanol–water partition coefficient (Wildman–Crippen LogP) is 2.56. The summed E-state index contributed by atoms with van der Waals surface area (Å²) in [4.78, 5) is 42.5. The summed E-state index contributed by atoms with van der Waals surface area (Å²) in [7, 11) is 0. The van der Waals surface area contributed by atoms with Gasteiger partial charge in [-0.1, -0.05) is 19.3 Å². The maximum Gasteiger partial charge on any atom is 0.263 e. The molecule has 3 aliphatic heterocycles. The number of hydrogen-bond acceptors (Lipinski definition) is 4. The molecule has 4 rings (SSSR count). The van der Waals surface area contributed by atoms with Gasteiger partial charge in [0.2, 0.25) is 5.91 Å². The Labute approximate surface area is 176 Å². The van der Waals surface area contributed by atoms with E-state index in [1.54, 1.807) is 17.8 Å². The van der Waals surface area contributed by atoms with Gasteiger partial charge in [0.15, 0.2) is 0 Å². The van der Waals surface area contributed by atoms with E-state index in [-0.39, 0.29) is 29.2 Å². The van der Waals surface area contributed by atoms with Crippen LogP contribution in [0, 0.1) is 5.92 Å². The average Bonchev–Trinajstić information content (AvgIpc) is 2.68. The summed E-state index contributed by atoms with van der Waals surface area (Å²) in [6.45, 7) is 3.49. The summed E-state index contributed by atoms with van der Waals surface area (Å²) in [5.74, 6) is 1.06. The topological polar surface area (TPSA) is 62.6 Å². The molecular weight excluding hydrogens is 386 g/mol. The van der Waals surface area contributed by atoms with Crippen LogP contribution in [0.4, 0.5) is 0 Å². The number of fused-ring (bicyclic) bond motifs is 4. The van der Waals surface area contributed by atoms with Crippen LogP contribution in [0.5, 0.6) is 0 Å². The van der Waals surface area contributed by atoms with Gasteiger partial charge in [-0.05, 0) is 43.6 Å². The van der Waals surface area contributed by atoms with Crippen LogP contribution in [-0.4, -0.2) is 64.4 Å². The van der Waals surface area contributed by atoms with Gasteiger partial charge in [-0.25, -0.2) is 0 Å². The number of carbonyl (C=O) groups excluding carboxylic acids is 2. The number of hydrogen-bond donors (Lipinski definition) is 0. The number of thioether (sulfide) groups is 1. The smallest absolute Gasteiger partial charge is 0.263 e. The van der Waals surface area contributed by atoms with E-state index in [9.17, 15) is 14.4 Å². The molecule has 6 nitrogen and oxygen atoms in total. The van der Waals surface area contributed by atoms with Gasteiger partial charge in [0, 0.05) is 44.3 Å². The molecule has 0 aromatic carbocycles. The molecule has 0 saturated carbocycles. The van der Waals surface area contributed by atoms with E-state index in [0.29, 0.717) is 31.0 Å². The number of rotatable bonds is 3. The van der Waals surface area contributed by atoms with E-state index >= 15 is 0 Å². The fraction of sp³-hybridized carbons (Fsp3) is 0.682. The molecule has 2 saturated heterocycles. The van der Waals surface area contributed by atoms with Crippen LogP contribution < -0.4 is 5.56 Å². The molecule has 2 bridgehead atoms. The minimum absolute atomic E-state index is 0.111. The number of likely N-dealkylation sites (tertiary alicyclic amines) is 2. The van der Waals surface area contributed by atoms with Crippen molar-refractivity contribution in [3.63, 3.8) is 0 Å². The molecule has 7 heteroatoms. The second-order valence-corrected chi connectivity index (χ2v) is 9.54. The lowest BCUT2D eigenvalue weighted by atomic mass is 9.83. The van der Waals surface area contributed by atoms with Gasteiger partial charge in [0.25, 0.3) is 11.5 Å². The molecule has 3 aliphatic rings. The maximum atomic E-state index is 13.2. The first-order chi connectivity index (χ1) is 14.1. The van der Waals surface area contributed by atoms with Gasteiger partial charge >= 0.3 is 0 Å². The number of amides is 2. The van der Waals surface area contributed by atoms with Crippen LogP contribution >= 0.6 is 11.8 Å². The van der Waals surface area contributed by atoms with Crippen molar-refractivity contribution in [3.8, 4) is 0 Å². The molecule has 2 fully saturated rings. The number of carbonyl (C=O) groups is 2. The van der Waals surface area contributed by atoms with Gasteiger partial charge in [-0.15, -0.1) is 0 Å². The largest absolute Gasteiger partial charge is 0.341 e. The normalized spacial score (nSPS) is 24.4. The zero-order chi connectivity index (χ0) is 20.4. The molecule has 158 valence electrons. The number of nitrogens with zero attached hydrogens (tertiary/aromatic N) is 3. The molecule has 4 heterocycles. The Balaban J connectivity index is 1.56. The highest BCUT2D eigenvalue weighted by Gasteiger charge is 2.37. The van der Waals surface area contributed by atoms with Crippen molar-refractivity contribution in [1.29, 1.82) is 0 Å². The van der Waals surface area contributed by atoms with Crippen molar-refractivity contribution in [3.05, 3.63) is 33.7 Å². The minimum Gasteiger partial charge on any atom is -0.341 e.